The summed E-state index contributed by atoms with van der Waals surface area (Å²) in [5.41, 5.74) is 6.91. The van der Waals surface area contributed by atoms with Gasteiger partial charge in [-0.05, 0) is 29.5 Å². The van der Waals surface area contributed by atoms with Gasteiger partial charge < -0.3 is 10.6 Å². The molecule has 2 N–H and O–H groups in total. The summed E-state index contributed by atoms with van der Waals surface area (Å²) >= 11 is 1.70. The van der Waals surface area contributed by atoms with E-state index in [1.54, 1.807) is 11.3 Å². The number of nitrogens with two attached hydrogens (primary N) is 1. The minimum Gasteiger partial charge on any atom is -0.330 e. The third-order valence-electron chi connectivity index (χ3n) is 3.81. The first kappa shape index (κ1) is 13.3. The average molecular weight is 286 g/mol. The molecular formula is C16H18N2OS. The molecule has 1 saturated heterocycles. The topological polar surface area (TPSA) is 46.3 Å². The van der Waals surface area contributed by atoms with E-state index in [2.05, 4.69) is 23.6 Å². The van der Waals surface area contributed by atoms with Crippen molar-refractivity contribution >= 4 is 17.2 Å². The fourth-order valence-corrected chi connectivity index (χ4v) is 3.66. The van der Waals surface area contributed by atoms with Crippen LogP contribution in [0.5, 0.6) is 0 Å². The van der Waals surface area contributed by atoms with Crippen LogP contribution in [0.15, 0.2) is 47.8 Å². The molecule has 3 rings (SSSR count). The van der Waals surface area contributed by atoms with Gasteiger partial charge in [-0.1, -0.05) is 36.4 Å². The number of rotatable bonds is 4. The van der Waals surface area contributed by atoms with Crippen LogP contribution in [0, 0.1) is 5.92 Å². The van der Waals surface area contributed by atoms with Crippen molar-refractivity contribution < 1.29 is 4.79 Å². The number of amides is 1. The van der Waals surface area contributed by atoms with Gasteiger partial charge in [0.1, 0.15) is 0 Å². The van der Waals surface area contributed by atoms with E-state index >= 15 is 0 Å². The molecule has 0 aliphatic carbocycles. The first-order chi connectivity index (χ1) is 9.79. The van der Waals surface area contributed by atoms with Crippen molar-refractivity contribution in [2.75, 3.05) is 13.1 Å². The molecule has 1 aromatic heterocycles. The first-order valence-corrected chi connectivity index (χ1v) is 7.75. The molecule has 1 aromatic carbocycles. The number of hydrogen-bond donors (Lipinski definition) is 1. The third-order valence-corrected chi connectivity index (χ3v) is 4.74. The molecule has 20 heavy (non-hydrogen) atoms. The largest absolute Gasteiger partial charge is 0.330 e. The van der Waals surface area contributed by atoms with Crippen molar-refractivity contribution in [3.63, 3.8) is 0 Å². The monoisotopic (exact) mass is 286 g/mol. The molecular weight excluding hydrogens is 268 g/mol. The molecule has 2 heterocycles. The maximum absolute atomic E-state index is 12.3. The molecule has 1 aliphatic heterocycles. The van der Waals surface area contributed by atoms with E-state index in [1.165, 1.54) is 10.4 Å². The number of likely N-dealkylation sites (tertiary alicyclic amines) is 1. The van der Waals surface area contributed by atoms with Crippen LogP contribution >= 0.6 is 11.3 Å². The molecule has 1 fully saturated rings. The summed E-state index contributed by atoms with van der Waals surface area (Å²) in [4.78, 5) is 15.5. The predicted molar refractivity (Wildman–Crippen MR) is 81.5 cm³/mol. The highest BCUT2D eigenvalue weighted by atomic mass is 32.1. The van der Waals surface area contributed by atoms with Crippen LogP contribution in [0.2, 0.25) is 0 Å². The van der Waals surface area contributed by atoms with E-state index in [9.17, 15) is 4.79 Å². The van der Waals surface area contributed by atoms with Crippen LogP contribution in [0.4, 0.5) is 0 Å². The number of carbonyl (C=O) groups is 1. The highest BCUT2D eigenvalue weighted by Crippen LogP contribution is 2.35. The van der Waals surface area contributed by atoms with Crippen molar-refractivity contribution in [1.29, 1.82) is 0 Å². The van der Waals surface area contributed by atoms with Crippen molar-refractivity contribution in [3.8, 4) is 0 Å². The van der Waals surface area contributed by atoms with Crippen LogP contribution < -0.4 is 5.73 Å². The van der Waals surface area contributed by atoms with Crippen LogP contribution in [-0.2, 0) is 4.79 Å². The second-order valence-corrected chi connectivity index (χ2v) is 6.16. The smallest absolute Gasteiger partial charge is 0.223 e. The van der Waals surface area contributed by atoms with Crippen molar-refractivity contribution in [3.05, 3.63) is 58.3 Å². The summed E-state index contributed by atoms with van der Waals surface area (Å²) in [5, 5.41) is 2.06. The molecule has 2 unspecified atom stereocenters. The van der Waals surface area contributed by atoms with Gasteiger partial charge in [0.15, 0.2) is 0 Å². The Morgan fingerprint density at radius 1 is 1.25 bits per heavy atom. The number of hydrogen-bond acceptors (Lipinski definition) is 3. The van der Waals surface area contributed by atoms with Crippen molar-refractivity contribution in [1.82, 2.24) is 4.90 Å². The lowest BCUT2D eigenvalue weighted by Crippen LogP contribution is -2.31. The summed E-state index contributed by atoms with van der Waals surface area (Å²) < 4.78 is 0. The maximum Gasteiger partial charge on any atom is 0.223 e. The second kappa shape index (κ2) is 5.77. The van der Waals surface area contributed by atoms with E-state index in [0.717, 1.165) is 6.54 Å². The zero-order valence-electron chi connectivity index (χ0n) is 11.2. The summed E-state index contributed by atoms with van der Waals surface area (Å²) in [6.07, 6.45) is 0.575. The van der Waals surface area contributed by atoms with Gasteiger partial charge >= 0.3 is 0 Å². The van der Waals surface area contributed by atoms with Gasteiger partial charge in [0.25, 0.3) is 0 Å². The standard InChI is InChI=1S/C16H18N2OS/c17-10-12-9-15(19)18(11-12)16(14-7-4-8-20-14)13-5-2-1-3-6-13/h1-8,12,16H,9-11,17H2. The second-order valence-electron chi connectivity index (χ2n) is 5.18. The van der Waals surface area contributed by atoms with Crippen molar-refractivity contribution in [2.24, 2.45) is 11.7 Å². The zero-order chi connectivity index (χ0) is 13.9. The molecule has 1 amide bonds. The Balaban J connectivity index is 1.97. The summed E-state index contributed by atoms with van der Waals surface area (Å²) in [7, 11) is 0. The predicted octanol–water partition coefficient (Wildman–Crippen LogP) is 2.64. The van der Waals surface area contributed by atoms with E-state index in [-0.39, 0.29) is 17.9 Å². The van der Waals surface area contributed by atoms with E-state index < -0.39 is 0 Å². The van der Waals surface area contributed by atoms with Gasteiger partial charge in [0.2, 0.25) is 5.91 Å². The Hall–Kier alpha value is -1.65. The lowest BCUT2D eigenvalue weighted by Gasteiger charge is -2.28. The molecule has 0 bridgehead atoms. The first-order valence-electron chi connectivity index (χ1n) is 6.87. The quantitative estimate of drug-likeness (QED) is 0.939. The summed E-state index contributed by atoms with van der Waals surface area (Å²) in [5.74, 6) is 0.497. The van der Waals surface area contributed by atoms with Gasteiger partial charge in [-0.15, -0.1) is 11.3 Å². The third kappa shape index (κ3) is 2.49. The normalized spacial score (nSPS) is 20.4. The minimum atomic E-state index is 0.0280. The number of benzene rings is 1. The number of thiophene rings is 1. The summed E-state index contributed by atoms with van der Waals surface area (Å²) in [6, 6.07) is 14.4. The highest BCUT2D eigenvalue weighted by Gasteiger charge is 2.35. The Kier molecular flexibility index (Phi) is 3.85. The van der Waals surface area contributed by atoms with Crippen LogP contribution in [0.1, 0.15) is 22.9 Å². The Morgan fingerprint density at radius 2 is 2.05 bits per heavy atom. The zero-order valence-corrected chi connectivity index (χ0v) is 12.1. The van der Waals surface area contributed by atoms with Crippen LogP contribution in [0.25, 0.3) is 0 Å². The maximum atomic E-state index is 12.3. The molecule has 3 nitrogen and oxygen atoms in total. The lowest BCUT2D eigenvalue weighted by atomic mass is 10.0. The van der Waals surface area contributed by atoms with Crippen molar-refractivity contribution in [2.45, 2.75) is 12.5 Å². The van der Waals surface area contributed by atoms with Gasteiger partial charge in [-0.25, -0.2) is 0 Å². The Labute approximate surface area is 123 Å². The van der Waals surface area contributed by atoms with E-state index in [0.29, 0.717) is 13.0 Å². The van der Waals surface area contributed by atoms with Gasteiger partial charge in [0.05, 0.1) is 6.04 Å². The molecule has 104 valence electrons. The molecule has 1 aliphatic rings. The fraction of sp³-hybridized carbons (Fsp3) is 0.312. The minimum absolute atomic E-state index is 0.0280. The van der Waals surface area contributed by atoms with E-state index in [1.807, 2.05) is 29.2 Å². The number of nitrogens with zero attached hydrogens (tertiary/aromatic N) is 1. The molecule has 0 spiro atoms. The lowest BCUT2D eigenvalue weighted by molar-refractivity contribution is -0.129. The Morgan fingerprint density at radius 3 is 2.65 bits per heavy atom. The van der Waals surface area contributed by atoms with Crippen LogP contribution in [0.3, 0.4) is 0 Å². The highest BCUT2D eigenvalue weighted by molar-refractivity contribution is 7.10. The average Bonchev–Trinajstić information content (AvgIpc) is 3.11. The molecule has 0 radical (unpaired) electrons. The molecule has 0 saturated carbocycles. The number of carbonyl (C=O) groups excluding carboxylic acids is 1. The molecule has 2 aromatic rings. The molecule has 2 atom stereocenters. The SMILES string of the molecule is NCC1CC(=O)N(C(c2ccccc2)c2cccs2)C1. The van der Waals surface area contributed by atoms with Gasteiger partial charge in [-0.3, -0.25) is 4.79 Å². The Bertz CT molecular complexity index is 567. The summed E-state index contributed by atoms with van der Waals surface area (Å²) in [6.45, 7) is 1.33. The molecule has 4 heteroatoms. The van der Waals surface area contributed by atoms with Crippen LogP contribution in [-0.4, -0.2) is 23.9 Å². The van der Waals surface area contributed by atoms with Gasteiger partial charge in [0, 0.05) is 17.8 Å². The van der Waals surface area contributed by atoms with E-state index in [4.69, 9.17) is 5.73 Å². The fourth-order valence-electron chi connectivity index (χ4n) is 2.80. The van der Waals surface area contributed by atoms with Gasteiger partial charge in [-0.2, -0.15) is 0 Å².